The van der Waals surface area contributed by atoms with Crippen LogP contribution in [0.5, 0.6) is 0 Å². The standard InChI is InChI=1S/C19H17N5O4S2/c1-12(25)21-19-23-16-8-5-14(9-17(16)29-19)22-18(26)11-24(2)30(27,28)15-6-3-13(10-20)4-7-15/h3-9H,11H2,1-2H3,(H,22,26)(H,21,23,25). The Kier molecular flexibility index (Phi) is 6.12. The highest BCUT2D eigenvalue weighted by molar-refractivity contribution is 7.89. The van der Waals surface area contributed by atoms with Crippen molar-refractivity contribution in [2.24, 2.45) is 0 Å². The van der Waals surface area contributed by atoms with Gasteiger partial charge in [-0.25, -0.2) is 13.4 Å². The number of aromatic nitrogens is 1. The largest absolute Gasteiger partial charge is 0.325 e. The van der Waals surface area contributed by atoms with Gasteiger partial charge in [-0.3, -0.25) is 9.59 Å². The molecule has 0 radical (unpaired) electrons. The molecule has 0 aliphatic carbocycles. The highest BCUT2D eigenvalue weighted by Crippen LogP contribution is 2.28. The molecule has 2 aromatic carbocycles. The van der Waals surface area contributed by atoms with Gasteiger partial charge in [0.15, 0.2) is 5.13 Å². The van der Waals surface area contributed by atoms with Crippen molar-refractivity contribution in [3.63, 3.8) is 0 Å². The number of thiazole rings is 1. The number of amides is 2. The van der Waals surface area contributed by atoms with Crippen LogP contribution in [0.15, 0.2) is 47.4 Å². The molecule has 0 aliphatic rings. The van der Waals surface area contributed by atoms with Gasteiger partial charge >= 0.3 is 0 Å². The Labute approximate surface area is 177 Å². The van der Waals surface area contributed by atoms with Gasteiger partial charge in [-0.15, -0.1) is 0 Å². The monoisotopic (exact) mass is 443 g/mol. The number of anilines is 2. The van der Waals surface area contributed by atoms with Crippen molar-refractivity contribution in [1.29, 1.82) is 5.26 Å². The number of rotatable bonds is 6. The van der Waals surface area contributed by atoms with E-state index in [-0.39, 0.29) is 17.3 Å². The minimum atomic E-state index is -3.88. The van der Waals surface area contributed by atoms with Crippen molar-refractivity contribution in [2.75, 3.05) is 24.2 Å². The third-order valence-corrected chi connectivity index (χ3v) is 6.76. The Hall–Kier alpha value is -3.33. The lowest BCUT2D eigenvalue weighted by atomic mass is 10.2. The van der Waals surface area contributed by atoms with E-state index in [0.717, 1.165) is 9.01 Å². The van der Waals surface area contributed by atoms with E-state index in [1.807, 2.05) is 6.07 Å². The summed E-state index contributed by atoms with van der Waals surface area (Å²) in [5.74, 6) is -0.741. The van der Waals surface area contributed by atoms with E-state index in [1.165, 1.54) is 49.6 Å². The summed E-state index contributed by atoms with van der Waals surface area (Å²) in [4.78, 5) is 27.8. The summed E-state index contributed by atoms with van der Waals surface area (Å²) in [7, 11) is -2.57. The van der Waals surface area contributed by atoms with Gasteiger partial charge in [0.2, 0.25) is 21.8 Å². The molecule has 0 unspecified atom stereocenters. The first kappa shape index (κ1) is 21.4. The van der Waals surface area contributed by atoms with E-state index in [9.17, 15) is 18.0 Å². The second kappa shape index (κ2) is 8.58. The molecule has 0 spiro atoms. The molecule has 11 heteroatoms. The van der Waals surface area contributed by atoms with Crippen LogP contribution in [0.2, 0.25) is 0 Å². The maximum absolute atomic E-state index is 12.6. The predicted molar refractivity (Wildman–Crippen MR) is 114 cm³/mol. The van der Waals surface area contributed by atoms with E-state index in [2.05, 4.69) is 15.6 Å². The Bertz CT molecular complexity index is 1260. The van der Waals surface area contributed by atoms with Gasteiger partial charge < -0.3 is 10.6 Å². The number of hydrogen-bond acceptors (Lipinski definition) is 7. The van der Waals surface area contributed by atoms with Crippen molar-refractivity contribution >= 4 is 54.2 Å². The molecule has 0 atom stereocenters. The summed E-state index contributed by atoms with van der Waals surface area (Å²) >= 11 is 1.26. The van der Waals surface area contributed by atoms with Crippen molar-refractivity contribution in [2.45, 2.75) is 11.8 Å². The van der Waals surface area contributed by atoms with Crippen LogP contribution in [0, 0.1) is 11.3 Å². The summed E-state index contributed by atoms with van der Waals surface area (Å²) in [5.41, 5.74) is 1.49. The first-order valence-electron chi connectivity index (χ1n) is 8.63. The fourth-order valence-electron chi connectivity index (χ4n) is 2.58. The van der Waals surface area contributed by atoms with Gasteiger partial charge in [0.05, 0.1) is 33.3 Å². The van der Waals surface area contributed by atoms with Crippen molar-refractivity contribution < 1.29 is 18.0 Å². The Balaban J connectivity index is 1.69. The van der Waals surface area contributed by atoms with Crippen LogP contribution in [0.3, 0.4) is 0 Å². The number of likely N-dealkylation sites (N-methyl/N-ethyl adjacent to an activating group) is 1. The number of nitrogens with zero attached hydrogens (tertiary/aromatic N) is 3. The average molecular weight is 444 g/mol. The van der Waals surface area contributed by atoms with Gasteiger partial charge in [-0.1, -0.05) is 11.3 Å². The average Bonchev–Trinajstić information content (AvgIpc) is 3.08. The zero-order valence-electron chi connectivity index (χ0n) is 16.0. The maximum Gasteiger partial charge on any atom is 0.243 e. The molecule has 0 saturated heterocycles. The summed E-state index contributed by atoms with van der Waals surface area (Å²) in [5, 5.41) is 14.5. The normalized spacial score (nSPS) is 11.3. The Morgan fingerprint density at radius 3 is 2.50 bits per heavy atom. The lowest BCUT2D eigenvalue weighted by molar-refractivity contribution is -0.116. The molecular formula is C19H17N5O4S2. The molecule has 30 heavy (non-hydrogen) atoms. The van der Waals surface area contributed by atoms with Gasteiger partial charge in [0.25, 0.3) is 0 Å². The number of benzene rings is 2. The third-order valence-electron chi connectivity index (χ3n) is 4.01. The van der Waals surface area contributed by atoms with Gasteiger partial charge in [-0.2, -0.15) is 9.57 Å². The summed E-state index contributed by atoms with van der Waals surface area (Å²) in [6.07, 6.45) is 0. The zero-order chi connectivity index (χ0) is 21.9. The molecule has 0 saturated carbocycles. The fourth-order valence-corrected chi connectivity index (χ4v) is 4.65. The Morgan fingerprint density at radius 2 is 1.87 bits per heavy atom. The Morgan fingerprint density at radius 1 is 1.17 bits per heavy atom. The highest BCUT2D eigenvalue weighted by Gasteiger charge is 2.23. The van der Waals surface area contributed by atoms with E-state index in [4.69, 9.17) is 5.26 Å². The lowest BCUT2D eigenvalue weighted by Gasteiger charge is -2.17. The molecule has 0 fully saturated rings. The minimum absolute atomic E-state index is 0.00613. The number of hydrogen-bond donors (Lipinski definition) is 2. The fraction of sp³-hybridized carbons (Fsp3) is 0.158. The second-order valence-electron chi connectivity index (χ2n) is 6.33. The third kappa shape index (κ3) is 4.80. The quantitative estimate of drug-likeness (QED) is 0.601. The van der Waals surface area contributed by atoms with Gasteiger partial charge in [0.1, 0.15) is 0 Å². The minimum Gasteiger partial charge on any atom is -0.325 e. The van der Waals surface area contributed by atoms with E-state index >= 15 is 0 Å². The maximum atomic E-state index is 12.6. The molecule has 0 bridgehead atoms. The van der Waals surface area contributed by atoms with E-state index < -0.39 is 15.9 Å². The molecule has 1 heterocycles. The lowest BCUT2D eigenvalue weighted by Crippen LogP contribution is -2.34. The zero-order valence-corrected chi connectivity index (χ0v) is 17.7. The van der Waals surface area contributed by atoms with Crippen LogP contribution in [0.1, 0.15) is 12.5 Å². The molecule has 154 valence electrons. The molecule has 9 nitrogen and oxygen atoms in total. The molecular weight excluding hydrogens is 426 g/mol. The van der Waals surface area contributed by atoms with Crippen LogP contribution < -0.4 is 10.6 Å². The number of sulfonamides is 1. The molecule has 0 aliphatic heterocycles. The number of carbonyl (C=O) groups excluding carboxylic acids is 2. The summed E-state index contributed by atoms with van der Waals surface area (Å²) in [6.45, 7) is 1.00. The highest BCUT2D eigenvalue weighted by atomic mass is 32.2. The van der Waals surface area contributed by atoms with Crippen LogP contribution in [0.4, 0.5) is 10.8 Å². The molecule has 3 rings (SSSR count). The molecule has 2 N–H and O–H groups in total. The van der Waals surface area contributed by atoms with Crippen LogP contribution in [-0.4, -0.2) is 43.1 Å². The topological polar surface area (TPSA) is 132 Å². The van der Waals surface area contributed by atoms with Crippen LogP contribution in [-0.2, 0) is 19.6 Å². The van der Waals surface area contributed by atoms with E-state index in [1.54, 1.807) is 18.2 Å². The van der Waals surface area contributed by atoms with Crippen molar-refractivity contribution in [1.82, 2.24) is 9.29 Å². The molecule has 3 aromatic rings. The van der Waals surface area contributed by atoms with Crippen molar-refractivity contribution in [3.05, 3.63) is 48.0 Å². The van der Waals surface area contributed by atoms with Gasteiger partial charge in [-0.05, 0) is 42.5 Å². The van der Waals surface area contributed by atoms with Crippen molar-refractivity contribution in [3.8, 4) is 6.07 Å². The molecule has 1 aromatic heterocycles. The first-order chi connectivity index (χ1) is 14.2. The number of nitriles is 1. The summed E-state index contributed by atoms with van der Waals surface area (Å²) < 4.78 is 26.9. The second-order valence-corrected chi connectivity index (χ2v) is 9.40. The number of carbonyl (C=O) groups is 2. The smallest absolute Gasteiger partial charge is 0.243 e. The van der Waals surface area contributed by atoms with Crippen LogP contribution >= 0.6 is 11.3 Å². The number of nitrogens with one attached hydrogen (secondary N) is 2. The number of fused-ring (bicyclic) bond motifs is 1. The van der Waals surface area contributed by atoms with E-state index in [0.29, 0.717) is 21.9 Å². The SMILES string of the molecule is CC(=O)Nc1nc2ccc(NC(=O)CN(C)S(=O)(=O)c3ccc(C#N)cc3)cc2s1. The van der Waals surface area contributed by atoms with Gasteiger partial charge in [0, 0.05) is 19.7 Å². The summed E-state index contributed by atoms with van der Waals surface area (Å²) in [6, 6.07) is 12.4. The van der Waals surface area contributed by atoms with Crippen LogP contribution in [0.25, 0.3) is 10.2 Å². The first-order valence-corrected chi connectivity index (χ1v) is 10.9. The molecule has 2 amide bonds. The predicted octanol–water partition coefficient (Wildman–Crippen LogP) is 2.39.